The first kappa shape index (κ1) is 12.3. The van der Waals surface area contributed by atoms with Crippen molar-refractivity contribution in [2.45, 2.75) is 19.5 Å². The Labute approximate surface area is 96.1 Å². The van der Waals surface area contributed by atoms with Crippen molar-refractivity contribution in [3.63, 3.8) is 0 Å². The van der Waals surface area contributed by atoms with Gasteiger partial charge in [-0.2, -0.15) is 11.8 Å². The summed E-state index contributed by atoms with van der Waals surface area (Å²) in [5.41, 5.74) is 6.51. The molecule has 0 saturated heterocycles. The molecule has 4 heteroatoms. The predicted molar refractivity (Wildman–Crippen MR) is 68.4 cm³/mol. The number of anilines is 1. The molecule has 1 aromatic rings. The highest BCUT2D eigenvalue weighted by molar-refractivity contribution is 7.98. The maximum atomic E-state index is 5.57. The number of nitrogens with zero attached hydrogens (tertiary/aromatic N) is 2. The van der Waals surface area contributed by atoms with Crippen LogP contribution in [0.2, 0.25) is 0 Å². The maximum Gasteiger partial charge on any atom is 0.128 e. The van der Waals surface area contributed by atoms with E-state index in [1.165, 1.54) is 0 Å². The summed E-state index contributed by atoms with van der Waals surface area (Å²) in [6, 6.07) is 6.47. The number of pyridine rings is 1. The van der Waals surface area contributed by atoms with Crippen molar-refractivity contribution in [1.82, 2.24) is 4.98 Å². The van der Waals surface area contributed by atoms with Gasteiger partial charge in [-0.3, -0.25) is 0 Å². The monoisotopic (exact) mass is 225 g/mol. The zero-order chi connectivity index (χ0) is 11.3. The SMILES string of the molecule is CSCC(C)N(C)c1cccc(CN)n1. The van der Waals surface area contributed by atoms with Gasteiger partial charge in [-0.05, 0) is 25.3 Å². The van der Waals surface area contributed by atoms with E-state index < -0.39 is 0 Å². The summed E-state index contributed by atoms with van der Waals surface area (Å²) < 4.78 is 0. The number of nitrogens with two attached hydrogens (primary N) is 1. The molecule has 0 aliphatic carbocycles. The van der Waals surface area contributed by atoms with Gasteiger partial charge in [0.1, 0.15) is 5.82 Å². The van der Waals surface area contributed by atoms with Gasteiger partial charge in [0.2, 0.25) is 0 Å². The highest BCUT2D eigenvalue weighted by Gasteiger charge is 2.10. The molecule has 1 heterocycles. The lowest BCUT2D eigenvalue weighted by atomic mass is 10.3. The van der Waals surface area contributed by atoms with Crippen molar-refractivity contribution in [2.24, 2.45) is 5.73 Å². The Kier molecular flexibility index (Phi) is 4.91. The van der Waals surface area contributed by atoms with Gasteiger partial charge in [0, 0.05) is 25.4 Å². The van der Waals surface area contributed by atoms with Crippen LogP contribution in [0.5, 0.6) is 0 Å². The van der Waals surface area contributed by atoms with Crippen molar-refractivity contribution in [2.75, 3.05) is 24.0 Å². The quantitative estimate of drug-likeness (QED) is 0.828. The molecule has 0 aromatic carbocycles. The topological polar surface area (TPSA) is 42.1 Å². The molecule has 0 aliphatic heterocycles. The van der Waals surface area contributed by atoms with E-state index in [1.54, 1.807) is 0 Å². The van der Waals surface area contributed by atoms with Gasteiger partial charge < -0.3 is 10.6 Å². The van der Waals surface area contributed by atoms with Crippen LogP contribution in [0.1, 0.15) is 12.6 Å². The van der Waals surface area contributed by atoms with Gasteiger partial charge in [0.25, 0.3) is 0 Å². The van der Waals surface area contributed by atoms with Gasteiger partial charge in [-0.15, -0.1) is 0 Å². The average molecular weight is 225 g/mol. The Morgan fingerprint density at radius 2 is 2.27 bits per heavy atom. The molecule has 15 heavy (non-hydrogen) atoms. The van der Waals surface area contributed by atoms with E-state index in [4.69, 9.17) is 5.73 Å². The average Bonchev–Trinajstić information content (AvgIpc) is 2.28. The predicted octanol–water partition coefficient (Wildman–Crippen LogP) is 1.73. The van der Waals surface area contributed by atoms with Gasteiger partial charge in [0.05, 0.1) is 5.69 Å². The summed E-state index contributed by atoms with van der Waals surface area (Å²) >= 11 is 1.85. The van der Waals surface area contributed by atoms with Gasteiger partial charge in [-0.25, -0.2) is 4.98 Å². The molecule has 1 rings (SSSR count). The summed E-state index contributed by atoms with van der Waals surface area (Å²) in [6.45, 7) is 2.70. The van der Waals surface area contributed by atoms with Crippen LogP contribution in [0, 0.1) is 0 Å². The minimum atomic E-state index is 0.487. The highest BCUT2D eigenvalue weighted by atomic mass is 32.2. The maximum absolute atomic E-state index is 5.57. The highest BCUT2D eigenvalue weighted by Crippen LogP contribution is 2.14. The molecule has 1 atom stereocenters. The number of hydrogen-bond acceptors (Lipinski definition) is 4. The van der Waals surface area contributed by atoms with Crippen LogP contribution in [-0.4, -0.2) is 30.1 Å². The van der Waals surface area contributed by atoms with E-state index >= 15 is 0 Å². The Bertz CT molecular complexity index is 304. The molecule has 0 radical (unpaired) electrons. The van der Waals surface area contributed by atoms with Crippen LogP contribution in [0.3, 0.4) is 0 Å². The molecule has 84 valence electrons. The number of hydrogen-bond donors (Lipinski definition) is 1. The van der Waals surface area contributed by atoms with E-state index in [2.05, 4.69) is 30.1 Å². The van der Waals surface area contributed by atoms with E-state index in [9.17, 15) is 0 Å². The molecule has 0 saturated carbocycles. The molecule has 2 N–H and O–H groups in total. The second-order valence-electron chi connectivity index (χ2n) is 3.61. The second kappa shape index (κ2) is 5.98. The van der Waals surface area contributed by atoms with Crippen LogP contribution >= 0.6 is 11.8 Å². The number of thioether (sulfide) groups is 1. The van der Waals surface area contributed by atoms with Crippen LogP contribution in [0.4, 0.5) is 5.82 Å². The minimum absolute atomic E-state index is 0.487. The Hall–Kier alpha value is -0.740. The Balaban J connectivity index is 2.76. The molecule has 0 amide bonds. The second-order valence-corrected chi connectivity index (χ2v) is 4.52. The molecular weight excluding hydrogens is 206 g/mol. The summed E-state index contributed by atoms with van der Waals surface area (Å²) in [5.74, 6) is 2.10. The number of rotatable bonds is 5. The standard InChI is InChI=1S/C11H19N3S/c1-9(8-15-3)14(2)11-6-4-5-10(7-12)13-11/h4-6,9H,7-8,12H2,1-3H3. The third-order valence-electron chi connectivity index (χ3n) is 2.43. The molecule has 0 aliphatic rings. The summed E-state index contributed by atoms with van der Waals surface area (Å²) in [4.78, 5) is 6.68. The Morgan fingerprint density at radius 3 is 2.87 bits per heavy atom. The molecule has 3 nitrogen and oxygen atoms in total. The van der Waals surface area contributed by atoms with Crippen LogP contribution in [0.25, 0.3) is 0 Å². The largest absolute Gasteiger partial charge is 0.356 e. The molecule has 0 fully saturated rings. The van der Waals surface area contributed by atoms with Gasteiger partial charge >= 0.3 is 0 Å². The normalized spacial score (nSPS) is 12.5. The van der Waals surface area contributed by atoms with Gasteiger partial charge in [0.15, 0.2) is 0 Å². The lowest BCUT2D eigenvalue weighted by molar-refractivity contribution is 0.749. The van der Waals surface area contributed by atoms with Crippen molar-refractivity contribution in [1.29, 1.82) is 0 Å². The zero-order valence-electron chi connectivity index (χ0n) is 9.60. The fourth-order valence-corrected chi connectivity index (χ4v) is 2.06. The molecular formula is C11H19N3S. The van der Waals surface area contributed by atoms with E-state index in [1.807, 2.05) is 30.0 Å². The fraction of sp³-hybridized carbons (Fsp3) is 0.545. The third-order valence-corrected chi connectivity index (χ3v) is 3.25. The van der Waals surface area contributed by atoms with E-state index in [0.29, 0.717) is 12.6 Å². The lowest BCUT2D eigenvalue weighted by Crippen LogP contribution is -2.31. The van der Waals surface area contributed by atoms with Crippen molar-refractivity contribution in [3.05, 3.63) is 23.9 Å². The molecule has 1 aromatic heterocycles. The Morgan fingerprint density at radius 1 is 1.53 bits per heavy atom. The minimum Gasteiger partial charge on any atom is -0.356 e. The molecule has 0 spiro atoms. The van der Waals surface area contributed by atoms with E-state index in [0.717, 1.165) is 17.3 Å². The summed E-state index contributed by atoms with van der Waals surface area (Å²) in [6.07, 6.45) is 2.12. The number of aromatic nitrogens is 1. The van der Waals surface area contributed by atoms with Gasteiger partial charge in [-0.1, -0.05) is 6.07 Å². The first-order valence-electron chi connectivity index (χ1n) is 5.06. The molecule has 1 unspecified atom stereocenters. The first-order valence-corrected chi connectivity index (χ1v) is 6.46. The van der Waals surface area contributed by atoms with Crippen LogP contribution in [0.15, 0.2) is 18.2 Å². The fourth-order valence-electron chi connectivity index (χ4n) is 1.36. The third kappa shape index (κ3) is 3.39. The zero-order valence-corrected chi connectivity index (χ0v) is 10.4. The summed E-state index contributed by atoms with van der Waals surface area (Å²) in [5, 5.41) is 0. The van der Waals surface area contributed by atoms with Crippen molar-refractivity contribution < 1.29 is 0 Å². The lowest BCUT2D eigenvalue weighted by Gasteiger charge is -2.25. The van der Waals surface area contributed by atoms with E-state index in [-0.39, 0.29) is 0 Å². The van der Waals surface area contributed by atoms with Crippen LogP contribution < -0.4 is 10.6 Å². The van der Waals surface area contributed by atoms with Crippen molar-refractivity contribution in [3.8, 4) is 0 Å². The summed E-state index contributed by atoms with van der Waals surface area (Å²) in [7, 11) is 2.07. The first-order chi connectivity index (χ1) is 7.19. The molecule has 0 bridgehead atoms. The van der Waals surface area contributed by atoms with Crippen molar-refractivity contribution >= 4 is 17.6 Å². The smallest absolute Gasteiger partial charge is 0.128 e. The van der Waals surface area contributed by atoms with Crippen LogP contribution in [-0.2, 0) is 6.54 Å².